The first-order valence-electron chi connectivity index (χ1n) is 5.23. The van der Waals surface area contributed by atoms with Crippen molar-refractivity contribution >= 4 is 15.9 Å². The van der Waals surface area contributed by atoms with Gasteiger partial charge in [0.05, 0.1) is 6.10 Å². The summed E-state index contributed by atoms with van der Waals surface area (Å²) >= 11 is 3.30. The summed E-state index contributed by atoms with van der Waals surface area (Å²) < 4.78 is 0. The maximum Gasteiger partial charge on any atom is 0.0763 e. The standard InChI is InChI=1S/C10H21BrN2O/c1-8-5-13(7-10(14)4-11)6-9(2)12(8)3/h8-10,14H,4-7H2,1-3H3/t8-,9+,10?. The van der Waals surface area contributed by atoms with Crippen LogP contribution in [0.4, 0.5) is 0 Å². The molecule has 0 aromatic heterocycles. The van der Waals surface area contributed by atoms with Gasteiger partial charge in [-0.15, -0.1) is 0 Å². The summed E-state index contributed by atoms with van der Waals surface area (Å²) in [6.07, 6.45) is -0.238. The average molecular weight is 265 g/mol. The normalized spacial score (nSPS) is 33.2. The minimum absolute atomic E-state index is 0.238. The Bertz CT molecular complexity index is 165. The maximum atomic E-state index is 9.55. The second-order valence-electron chi connectivity index (χ2n) is 4.39. The average Bonchev–Trinajstić information content (AvgIpc) is 2.14. The molecule has 0 aromatic rings. The van der Waals surface area contributed by atoms with Crippen LogP contribution in [0.3, 0.4) is 0 Å². The van der Waals surface area contributed by atoms with Gasteiger partial charge in [-0.25, -0.2) is 0 Å². The summed E-state index contributed by atoms with van der Waals surface area (Å²) in [6, 6.07) is 1.17. The zero-order valence-electron chi connectivity index (χ0n) is 9.28. The molecular formula is C10H21BrN2O. The number of aliphatic hydroxyl groups is 1. The van der Waals surface area contributed by atoms with Crippen molar-refractivity contribution in [2.45, 2.75) is 32.0 Å². The van der Waals surface area contributed by atoms with E-state index in [2.05, 4.69) is 46.6 Å². The number of nitrogens with zero attached hydrogens (tertiary/aromatic N) is 2. The van der Waals surface area contributed by atoms with E-state index in [-0.39, 0.29) is 6.10 Å². The molecule has 1 heterocycles. The lowest BCUT2D eigenvalue weighted by Crippen LogP contribution is -2.56. The maximum absolute atomic E-state index is 9.55. The number of rotatable bonds is 3. The van der Waals surface area contributed by atoms with Crippen molar-refractivity contribution in [3.8, 4) is 0 Å². The lowest BCUT2D eigenvalue weighted by atomic mass is 10.1. The van der Waals surface area contributed by atoms with Crippen molar-refractivity contribution in [1.29, 1.82) is 0 Å². The van der Waals surface area contributed by atoms with E-state index < -0.39 is 0 Å². The van der Waals surface area contributed by atoms with Crippen molar-refractivity contribution < 1.29 is 5.11 Å². The van der Waals surface area contributed by atoms with Crippen LogP contribution in [-0.2, 0) is 0 Å². The third kappa shape index (κ3) is 3.19. The van der Waals surface area contributed by atoms with Crippen molar-refractivity contribution in [3.05, 3.63) is 0 Å². The summed E-state index contributed by atoms with van der Waals surface area (Å²) in [6.45, 7) is 7.38. The van der Waals surface area contributed by atoms with Crippen LogP contribution in [0.2, 0.25) is 0 Å². The van der Waals surface area contributed by atoms with Gasteiger partial charge >= 0.3 is 0 Å². The van der Waals surface area contributed by atoms with Gasteiger partial charge in [-0.2, -0.15) is 0 Å². The van der Waals surface area contributed by atoms with E-state index in [1.165, 1.54) is 0 Å². The van der Waals surface area contributed by atoms with Gasteiger partial charge in [-0.3, -0.25) is 9.80 Å². The third-order valence-corrected chi connectivity index (χ3v) is 3.83. The fraction of sp³-hybridized carbons (Fsp3) is 1.00. The van der Waals surface area contributed by atoms with Crippen LogP contribution in [0.25, 0.3) is 0 Å². The predicted octanol–water partition coefficient (Wildman–Crippen LogP) is 0.767. The second-order valence-corrected chi connectivity index (χ2v) is 5.04. The van der Waals surface area contributed by atoms with Gasteiger partial charge in [0, 0.05) is 37.0 Å². The zero-order chi connectivity index (χ0) is 10.7. The minimum atomic E-state index is -0.238. The Morgan fingerprint density at radius 3 is 2.29 bits per heavy atom. The molecule has 4 heteroatoms. The number of likely N-dealkylation sites (N-methyl/N-ethyl adjacent to an activating group) is 1. The number of hydrogen-bond acceptors (Lipinski definition) is 3. The zero-order valence-corrected chi connectivity index (χ0v) is 10.9. The number of aliphatic hydroxyl groups excluding tert-OH is 1. The highest BCUT2D eigenvalue weighted by Crippen LogP contribution is 2.13. The van der Waals surface area contributed by atoms with Crippen LogP contribution < -0.4 is 0 Å². The molecule has 3 atom stereocenters. The summed E-state index contributed by atoms with van der Waals surface area (Å²) in [5.74, 6) is 0. The predicted molar refractivity (Wildman–Crippen MR) is 62.9 cm³/mol. The largest absolute Gasteiger partial charge is 0.391 e. The lowest BCUT2D eigenvalue weighted by Gasteiger charge is -2.42. The van der Waals surface area contributed by atoms with Gasteiger partial charge in [0.1, 0.15) is 0 Å². The smallest absolute Gasteiger partial charge is 0.0763 e. The summed E-state index contributed by atoms with van der Waals surface area (Å²) in [7, 11) is 2.17. The molecule has 3 nitrogen and oxygen atoms in total. The molecule has 1 saturated heterocycles. The van der Waals surface area contributed by atoms with Crippen molar-refractivity contribution in [2.24, 2.45) is 0 Å². The highest BCUT2D eigenvalue weighted by Gasteiger charge is 2.27. The van der Waals surface area contributed by atoms with E-state index in [4.69, 9.17) is 0 Å². The van der Waals surface area contributed by atoms with Crippen molar-refractivity contribution in [3.63, 3.8) is 0 Å². The van der Waals surface area contributed by atoms with Gasteiger partial charge in [0.25, 0.3) is 0 Å². The molecule has 0 aliphatic carbocycles. The van der Waals surface area contributed by atoms with Crippen LogP contribution in [0.15, 0.2) is 0 Å². The first-order chi connectivity index (χ1) is 6.54. The molecule has 0 spiro atoms. The Kier molecular flexibility index (Phi) is 4.83. The van der Waals surface area contributed by atoms with Gasteiger partial charge in [0.2, 0.25) is 0 Å². The Labute approximate surface area is 95.2 Å². The fourth-order valence-corrected chi connectivity index (χ4v) is 2.21. The first-order valence-corrected chi connectivity index (χ1v) is 6.35. The van der Waals surface area contributed by atoms with E-state index in [9.17, 15) is 5.11 Å². The number of piperazine rings is 1. The Morgan fingerprint density at radius 2 is 1.86 bits per heavy atom. The molecule has 1 fully saturated rings. The van der Waals surface area contributed by atoms with E-state index in [1.807, 2.05) is 0 Å². The summed E-state index contributed by atoms with van der Waals surface area (Å²) in [5, 5.41) is 10.2. The van der Waals surface area contributed by atoms with Gasteiger partial charge in [-0.1, -0.05) is 15.9 Å². The molecule has 1 unspecified atom stereocenters. The molecule has 0 bridgehead atoms. The van der Waals surface area contributed by atoms with Crippen LogP contribution in [0, 0.1) is 0 Å². The summed E-state index contributed by atoms with van der Waals surface area (Å²) in [5.41, 5.74) is 0. The number of hydrogen-bond donors (Lipinski definition) is 1. The monoisotopic (exact) mass is 264 g/mol. The molecule has 0 aromatic carbocycles. The number of alkyl halides is 1. The number of β-amino-alcohol motifs (C(OH)–C–C–N with tert-alkyl or cyclic N) is 1. The topological polar surface area (TPSA) is 26.7 Å². The first kappa shape index (κ1) is 12.4. The van der Waals surface area contributed by atoms with Crippen LogP contribution in [0.1, 0.15) is 13.8 Å². The van der Waals surface area contributed by atoms with Gasteiger partial charge in [0.15, 0.2) is 0 Å². The van der Waals surface area contributed by atoms with Crippen LogP contribution >= 0.6 is 15.9 Å². The van der Waals surface area contributed by atoms with Crippen molar-refractivity contribution in [1.82, 2.24) is 9.80 Å². The SMILES string of the molecule is C[C@@H]1CN(CC(O)CBr)C[C@H](C)N1C. The highest BCUT2D eigenvalue weighted by atomic mass is 79.9. The molecule has 14 heavy (non-hydrogen) atoms. The van der Waals surface area contributed by atoms with E-state index in [0.29, 0.717) is 17.4 Å². The molecule has 0 radical (unpaired) electrons. The minimum Gasteiger partial charge on any atom is -0.391 e. The molecule has 0 saturated carbocycles. The second kappa shape index (κ2) is 5.45. The molecule has 1 N–H and O–H groups in total. The van der Waals surface area contributed by atoms with Gasteiger partial charge in [-0.05, 0) is 20.9 Å². The molecule has 1 rings (SSSR count). The Hall–Kier alpha value is 0.360. The van der Waals surface area contributed by atoms with E-state index >= 15 is 0 Å². The third-order valence-electron chi connectivity index (χ3n) is 3.08. The summed E-state index contributed by atoms with van der Waals surface area (Å²) in [4.78, 5) is 4.75. The van der Waals surface area contributed by atoms with Crippen LogP contribution in [-0.4, -0.2) is 65.1 Å². The molecule has 1 aliphatic heterocycles. The van der Waals surface area contributed by atoms with Crippen LogP contribution in [0.5, 0.6) is 0 Å². The molecule has 1 aliphatic rings. The highest BCUT2D eigenvalue weighted by molar-refractivity contribution is 9.09. The van der Waals surface area contributed by atoms with E-state index in [1.54, 1.807) is 0 Å². The van der Waals surface area contributed by atoms with E-state index in [0.717, 1.165) is 19.6 Å². The Balaban J connectivity index is 2.41. The molecule has 0 amide bonds. The molecule has 84 valence electrons. The van der Waals surface area contributed by atoms with Crippen molar-refractivity contribution in [2.75, 3.05) is 32.0 Å². The quantitative estimate of drug-likeness (QED) is 0.763. The Morgan fingerprint density at radius 1 is 1.36 bits per heavy atom. The fourth-order valence-electron chi connectivity index (χ4n) is 2.01. The number of halogens is 1. The molecular weight excluding hydrogens is 244 g/mol. The lowest BCUT2D eigenvalue weighted by molar-refractivity contribution is 0.0343. The van der Waals surface area contributed by atoms with Gasteiger partial charge < -0.3 is 5.11 Å².